The predicted octanol–water partition coefficient (Wildman–Crippen LogP) is 4.07. The summed E-state index contributed by atoms with van der Waals surface area (Å²) in [6.07, 6.45) is 5.74. The zero-order valence-corrected chi connectivity index (χ0v) is 12.0. The average molecular weight is 223 g/mol. The Morgan fingerprint density at radius 2 is 1.62 bits per heavy atom. The van der Waals surface area contributed by atoms with Crippen LogP contribution in [0, 0.1) is 11.3 Å². The van der Waals surface area contributed by atoms with Crippen LogP contribution in [-0.4, -0.2) is 22.5 Å². The average Bonchev–Trinajstić information content (AvgIpc) is 2.75. The van der Waals surface area contributed by atoms with Crippen molar-refractivity contribution < 1.29 is 0 Å². The van der Waals surface area contributed by atoms with Gasteiger partial charge < -0.3 is 0 Å². The molecule has 1 saturated carbocycles. The van der Waals surface area contributed by atoms with Gasteiger partial charge in [0.2, 0.25) is 0 Å². The fourth-order valence-electron chi connectivity index (χ4n) is 3.65. The minimum atomic E-state index is 0.357. The first-order chi connectivity index (χ1) is 7.18. The number of likely N-dealkylation sites (tertiary alicyclic amines) is 1. The Hall–Kier alpha value is -0.0400. The Bertz CT molecular complexity index is 256. The smallest absolute Gasteiger partial charge is 0.0135 e. The Balaban J connectivity index is 2.10. The molecule has 3 atom stereocenters. The van der Waals surface area contributed by atoms with E-state index in [4.69, 9.17) is 0 Å². The van der Waals surface area contributed by atoms with E-state index in [0.717, 1.165) is 18.0 Å². The Morgan fingerprint density at radius 1 is 1.00 bits per heavy atom. The molecule has 94 valence electrons. The lowest BCUT2D eigenvalue weighted by Crippen LogP contribution is -2.52. The second-order valence-electron chi connectivity index (χ2n) is 8.14. The highest BCUT2D eigenvalue weighted by atomic mass is 15.3. The Labute approximate surface area is 102 Å². The van der Waals surface area contributed by atoms with E-state index in [1.54, 1.807) is 0 Å². The molecule has 1 nitrogen and oxygen atoms in total. The van der Waals surface area contributed by atoms with Crippen molar-refractivity contribution >= 4 is 0 Å². The fourth-order valence-corrected chi connectivity index (χ4v) is 3.65. The van der Waals surface area contributed by atoms with Crippen LogP contribution in [0.25, 0.3) is 0 Å². The van der Waals surface area contributed by atoms with Gasteiger partial charge in [-0.1, -0.05) is 20.8 Å². The molecule has 2 rings (SSSR count). The number of fused-ring (bicyclic) bond motifs is 1. The van der Waals surface area contributed by atoms with Crippen LogP contribution >= 0.6 is 0 Å². The first kappa shape index (κ1) is 12.4. The number of rotatable bonds is 1. The summed E-state index contributed by atoms with van der Waals surface area (Å²) >= 11 is 0. The van der Waals surface area contributed by atoms with Gasteiger partial charge in [-0.3, -0.25) is 4.90 Å². The molecule has 1 saturated heterocycles. The number of nitrogens with zero attached hydrogens (tertiary/aromatic N) is 1. The summed E-state index contributed by atoms with van der Waals surface area (Å²) in [6.45, 7) is 14.3. The van der Waals surface area contributed by atoms with Gasteiger partial charge in [0, 0.05) is 17.6 Å². The highest BCUT2D eigenvalue weighted by molar-refractivity contribution is 5.05. The van der Waals surface area contributed by atoms with Crippen LogP contribution in [0.2, 0.25) is 0 Å². The highest BCUT2D eigenvalue weighted by Crippen LogP contribution is 2.50. The van der Waals surface area contributed by atoms with Gasteiger partial charge in [-0.15, -0.1) is 0 Å². The first-order valence-electron chi connectivity index (χ1n) is 6.97. The summed E-state index contributed by atoms with van der Waals surface area (Å²) in [5.41, 5.74) is 0.825. The van der Waals surface area contributed by atoms with Crippen molar-refractivity contribution in [3.8, 4) is 0 Å². The standard InChI is InChI=1S/C15H29N/c1-14(2,3)10-12-8-7-11-9-13(11)16(12)15(4,5)6/h11-13H,7-10H2,1-6H3. The van der Waals surface area contributed by atoms with Gasteiger partial charge in [-0.2, -0.15) is 0 Å². The molecule has 0 radical (unpaired) electrons. The number of hydrogen-bond acceptors (Lipinski definition) is 1. The molecule has 3 unspecified atom stereocenters. The summed E-state index contributed by atoms with van der Waals surface area (Å²) < 4.78 is 0. The molecule has 0 aromatic heterocycles. The third kappa shape index (κ3) is 2.61. The molecule has 0 amide bonds. The quantitative estimate of drug-likeness (QED) is 0.647. The molecule has 0 N–H and O–H groups in total. The van der Waals surface area contributed by atoms with Crippen LogP contribution in [0.5, 0.6) is 0 Å². The summed E-state index contributed by atoms with van der Waals surface area (Å²) in [5.74, 6) is 1.04. The maximum Gasteiger partial charge on any atom is 0.0135 e. The van der Waals surface area contributed by atoms with Crippen LogP contribution in [0.15, 0.2) is 0 Å². The molecular formula is C15H29N. The van der Waals surface area contributed by atoms with Crippen molar-refractivity contribution in [2.45, 2.75) is 84.8 Å². The topological polar surface area (TPSA) is 3.24 Å². The van der Waals surface area contributed by atoms with Crippen molar-refractivity contribution in [1.82, 2.24) is 4.90 Å². The molecule has 0 aromatic carbocycles. The van der Waals surface area contributed by atoms with E-state index in [9.17, 15) is 0 Å². The predicted molar refractivity (Wildman–Crippen MR) is 70.6 cm³/mol. The van der Waals surface area contributed by atoms with E-state index >= 15 is 0 Å². The normalized spacial score (nSPS) is 36.0. The van der Waals surface area contributed by atoms with Crippen LogP contribution in [0.4, 0.5) is 0 Å². The molecule has 2 fully saturated rings. The fraction of sp³-hybridized carbons (Fsp3) is 1.00. The lowest BCUT2D eigenvalue weighted by atomic mass is 9.82. The lowest BCUT2D eigenvalue weighted by molar-refractivity contribution is 0.0214. The zero-order valence-electron chi connectivity index (χ0n) is 12.0. The van der Waals surface area contributed by atoms with E-state index in [2.05, 4.69) is 46.4 Å². The van der Waals surface area contributed by atoms with E-state index in [1.165, 1.54) is 25.7 Å². The van der Waals surface area contributed by atoms with Crippen molar-refractivity contribution in [3.05, 3.63) is 0 Å². The lowest BCUT2D eigenvalue weighted by Gasteiger charge is -2.46. The van der Waals surface area contributed by atoms with Gasteiger partial charge in [-0.25, -0.2) is 0 Å². The zero-order chi connectivity index (χ0) is 12.1. The minimum Gasteiger partial charge on any atom is -0.292 e. The van der Waals surface area contributed by atoms with Crippen LogP contribution in [0.1, 0.15) is 67.2 Å². The monoisotopic (exact) mass is 223 g/mol. The van der Waals surface area contributed by atoms with Gasteiger partial charge in [0.05, 0.1) is 0 Å². The molecule has 1 heterocycles. The third-order valence-electron chi connectivity index (χ3n) is 4.13. The van der Waals surface area contributed by atoms with Crippen LogP contribution in [-0.2, 0) is 0 Å². The van der Waals surface area contributed by atoms with E-state index in [0.29, 0.717) is 11.0 Å². The molecule has 1 aliphatic carbocycles. The van der Waals surface area contributed by atoms with E-state index < -0.39 is 0 Å². The molecule has 16 heavy (non-hydrogen) atoms. The Morgan fingerprint density at radius 3 is 2.12 bits per heavy atom. The molecule has 2 aliphatic rings. The van der Waals surface area contributed by atoms with Crippen molar-refractivity contribution in [2.24, 2.45) is 11.3 Å². The second kappa shape index (κ2) is 3.73. The minimum absolute atomic E-state index is 0.357. The summed E-state index contributed by atoms with van der Waals surface area (Å²) in [5, 5.41) is 0. The number of hydrogen-bond donors (Lipinski definition) is 0. The molecule has 1 aliphatic heterocycles. The van der Waals surface area contributed by atoms with Crippen LogP contribution < -0.4 is 0 Å². The van der Waals surface area contributed by atoms with Crippen molar-refractivity contribution in [1.29, 1.82) is 0 Å². The van der Waals surface area contributed by atoms with E-state index in [-0.39, 0.29) is 0 Å². The van der Waals surface area contributed by atoms with Gasteiger partial charge in [0.25, 0.3) is 0 Å². The molecule has 0 spiro atoms. The maximum absolute atomic E-state index is 2.84. The second-order valence-corrected chi connectivity index (χ2v) is 8.14. The first-order valence-corrected chi connectivity index (χ1v) is 6.97. The highest BCUT2D eigenvalue weighted by Gasteiger charge is 2.51. The molecular weight excluding hydrogens is 194 g/mol. The van der Waals surface area contributed by atoms with Gasteiger partial charge in [0.1, 0.15) is 0 Å². The van der Waals surface area contributed by atoms with Crippen LogP contribution in [0.3, 0.4) is 0 Å². The summed E-state index contributed by atoms with van der Waals surface area (Å²) in [6, 6.07) is 1.74. The third-order valence-corrected chi connectivity index (χ3v) is 4.13. The van der Waals surface area contributed by atoms with Crippen molar-refractivity contribution in [3.63, 3.8) is 0 Å². The molecule has 0 bridgehead atoms. The molecule has 0 aromatic rings. The van der Waals surface area contributed by atoms with Gasteiger partial charge in [-0.05, 0) is 57.8 Å². The van der Waals surface area contributed by atoms with Crippen molar-refractivity contribution in [2.75, 3.05) is 0 Å². The maximum atomic E-state index is 2.84. The Kier molecular flexibility index (Phi) is 2.89. The van der Waals surface area contributed by atoms with E-state index in [1.807, 2.05) is 0 Å². The summed E-state index contributed by atoms with van der Waals surface area (Å²) in [7, 11) is 0. The largest absolute Gasteiger partial charge is 0.292 e. The number of piperidine rings is 1. The molecule has 1 heteroatoms. The van der Waals surface area contributed by atoms with Gasteiger partial charge >= 0.3 is 0 Å². The van der Waals surface area contributed by atoms with Gasteiger partial charge in [0.15, 0.2) is 0 Å². The summed E-state index contributed by atoms with van der Waals surface area (Å²) in [4.78, 5) is 2.84. The SMILES string of the molecule is CC(C)(C)CC1CCC2CC2N1C(C)(C)C.